The first-order valence-electron chi connectivity index (χ1n) is 5.49. The van der Waals surface area contributed by atoms with E-state index in [2.05, 4.69) is 18.7 Å². The predicted molar refractivity (Wildman–Crippen MR) is 61.5 cm³/mol. The molecule has 0 aliphatic carbocycles. The van der Waals surface area contributed by atoms with Crippen LogP contribution in [0.25, 0.3) is 0 Å². The summed E-state index contributed by atoms with van der Waals surface area (Å²) >= 11 is 0. The van der Waals surface area contributed by atoms with Crippen molar-refractivity contribution in [2.75, 3.05) is 13.6 Å². The van der Waals surface area contributed by atoms with Crippen molar-refractivity contribution in [1.82, 2.24) is 4.90 Å². The van der Waals surface area contributed by atoms with Gasteiger partial charge in [-0.2, -0.15) is 0 Å². The van der Waals surface area contributed by atoms with Crippen LogP contribution in [-0.2, 0) is 6.54 Å². The summed E-state index contributed by atoms with van der Waals surface area (Å²) in [5, 5.41) is 8.70. The smallest absolute Gasteiger partial charge is 0.371 e. The average Bonchev–Trinajstić information content (AvgIpc) is 2.63. The zero-order valence-corrected chi connectivity index (χ0v) is 10.1. The highest BCUT2D eigenvalue weighted by atomic mass is 16.4. The Kier molecular flexibility index (Phi) is 4.55. The molecule has 0 aliphatic heterocycles. The van der Waals surface area contributed by atoms with Crippen molar-refractivity contribution in [3.63, 3.8) is 0 Å². The van der Waals surface area contributed by atoms with Gasteiger partial charge in [0.25, 0.3) is 0 Å². The van der Waals surface area contributed by atoms with Crippen LogP contribution in [0.4, 0.5) is 0 Å². The number of aromatic carboxylic acids is 1. The van der Waals surface area contributed by atoms with Gasteiger partial charge in [-0.05, 0) is 38.1 Å². The Bertz CT molecular complexity index is 344. The second-order valence-corrected chi connectivity index (χ2v) is 4.49. The van der Waals surface area contributed by atoms with Gasteiger partial charge in [0.05, 0.1) is 6.54 Å². The maximum absolute atomic E-state index is 10.6. The maximum atomic E-state index is 10.6. The zero-order valence-electron chi connectivity index (χ0n) is 10.1. The van der Waals surface area contributed by atoms with Gasteiger partial charge in [-0.3, -0.25) is 4.90 Å². The molecule has 0 radical (unpaired) electrons. The highest BCUT2D eigenvalue weighted by Gasteiger charge is 2.10. The Morgan fingerprint density at radius 2 is 2.19 bits per heavy atom. The summed E-state index contributed by atoms with van der Waals surface area (Å²) in [5.41, 5.74) is 0. The van der Waals surface area contributed by atoms with Gasteiger partial charge in [0, 0.05) is 0 Å². The summed E-state index contributed by atoms with van der Waals surface area (Å²) in [6, 6.07) is 3.21. The molecule has 1 rings (SSSR count). The third-order valence-electron chi connectivity index (χ3n) is 2.39. The molecule has 0 saturated heterocycles. The van der Waals surface area contributed by atoms with Gasteiger partial charge in [-0.15, -0.1) is 0 Å². The summed E-state index contributed by atoms with van der Waals surface area (Å²) in [5.74, 6) is 0.362. The van der Waals surface area contributed by atoms with Crippen LogP contribution in [0.3, 0.4) is 0 Å². The molecular weight excluding hydrogens is 206 g/mol. The third-order valence-corrected chi connectivity index (χ3v) is 2.39. The summed E-state index contributed by atoms with van der Waals surface area (Å²) in [4.78, 5) is 12.7. The number of hydrogen-bond acceptors (Lipinski definition) is 3. The van der Waals surface area contributed by atoms with Gasteiger partial charge in [0.2, 0.25) is 5.76 Å². The number of carbonyl (C=O) groups is 1. The van der Waals surface area contributed by atoms with Crippen molar-refractivity contribution in [3.05, 3.63) is 23.7 Å². The van der Waals surface area contributed by atoms with Crippen LogP contribution in [0.5, 0.6) is 0 Å². The minimum absolute atomic E-state index is 0.00672. The normalized spacial score (nSPS) is 11.3. The summed E-state index contributed by atoms with van der Waals surface area (Å²) < 4.78 is 5.18. The molecular formula is C12H19NO3. The van der Waals surface area contributed by atoms with Crippen molar-refractivity contribution in [2.24, 2.45) is 5.92 Å². The predicted octanol–water partition coefficient (Wildman–Crippen LogP) is 2.46. The number of carboxylic acids is 1. The molecule has 0 amide bonds. The van der Waals surface area contributed by atoms with E-state index in [1.54, 1.807) is 6.07 Å². The maximum Gasteiger partial charge on any atom is 0.371 e. The van der Waals surface area contributed by atoms with Gasteiger partial charge in [0.1, 0.15) is 5.76 Å². The van der Waals surface area contributed by atoms with Gasteiger partial charge in [-0.1, -0.05) is 13.8 Å². The van der Waals surface area contributed by atoms with Gasteiger partial charge in [-0.25, -0.2) is 4.79 Å². The van der Waals surface area contributed by atoms with Crippen LogP contribution >= 0.6 is 0 Å². The standard InChI is InChI=1S/C12H19NO3/c1-9(2)6-7-13(3)8-10-4-5-11(16-10)12(14)15/h4-5,9H,6-8H2,1-3H3,(H,14,15). The van der Waals surface area contributed by atoms with E-state index in [-0.39, 0.29) is 5.76 Å². The Hall–Kier alpha value is -1.29. The third kappa shape index (κ3) is 4.06. The molecule has 0 fully saturated rings. The summed E-state index contributed by atoms with van der Waals surface area (Å²) in [6.07, 6.45) is 1.13. The van der Waals surface area contributed by atoms with Gasteiger partial charge >= 0.3 is 5.97 Å². The molecule has 0 aromatic carbocycles. The van der Waals surface area contributed by atoms with Crippen LogP contribution < -0.4 is 0 Å². The van der Waals surface area contributed by atoms with Crippen molar-refractivity contribution in [1.29, 1.82) is 0 Å². The quantitative estimate of drug-likeness (QED) is 0.808. The van der Waals surface area contributed by atoms with Crippen LogP contribution in [0, 0.1) is 5.92 Å². The molecule has 0 saturated carbocycles. The minimum atomic E-state index is -1.02. The fourth-order valence-electron chi connectivity index (χ4n) is 1.40. The van der Waals surface area contributed by atoms with Crippen molar-refractivity contribution < 1.29 is 14.3 Å². The average molecular weight is 225 g/mol. The molecule has 1 heterocycles. The number of hydrogen-bond donors (Lipinski definition) is 1. The second kappa shape index (κ2) is 5.70. The molecule has 4 heteroatoms. The number of nitrogens with zero attached hydrogens (tertiary/aromatic N) is 1. The number of rotatable bonds is 6. The SMILES string of the molecule is CC(C)CCN(C)Cc1ccc(C(=O)O)o1. The molecule has 1 N–H and O–H groups in total. The minimum Gasteiger partial charge on any atom is -0.475 e. The van der Waals surface area contributed by atoms with E-state index >= 15 is 0 Å². The fourth-order valence-corrected chi connectivity index (χ4v) is 1.40. The van der Waals surface area contributed by atoms with E-state index in [1.165, 1.54) is 6.07 Å². The number of furan rings is 1. The summed E-state index contributed by atoms with van der Waals surface area (Å²) in [7, 11) is 2.01. The Balaban J connectivity index is 2.43. The van der Waals surface area contributed by atoms with Crippen LogP contribution in [0.1, 0.15) is 36.6 Å². The number of carboxylic acid groups (broad SMARTS) is 1. The van der Waals surface area contributed by atoms with E-state index in [0.29, 0.717) is 18.2 Å². The van der Waals surface area contributed by atoms with Crippen LogP contribution in [-0.4, -0.2) is 29.6 Å². The molecule has 4 nitrogen and oxygen atoms in total. The van der Waals surface area contributed by atoms with Crippen LogP contribution in [0.2, 0.25) is 0 Å². The van der Waals surface area contributed by atoms with E-state index in [0.717, 1.165) is 13.0 Å². The topological polar surface area (TPSA) is 53.7 Å². The molecule has 90 valence electrons. The van der Waals surface area contributed by atoms with E-state index < -0.39 is 5.97 Å². The van der Waals surface area contributed by atoms with Gasteiger partial charge < -0.3 is 9.52 Å². The lowest BCUT2D eigenvalue weighted by atomic mass is 10.1. The van der Waals surface area contributed by atoms with Crippen molar-refractivity contribution in [2.45, 2.75) is 26.8 Å². The molecule has 0 atom stereocenters. The molecule has 16 heavy (non-hydrogen) atoms. The van der Waals surface area contributed by atoms with E-state index in [1.807, 2.05) is 7.05 Å². The highest BCUT2D eigenvalue weighted by molar-refractivity contribution is 5.84. The van der Waals surface area contributed by atoms with E-state index in [4.69, 9.17) is 9.52 Å². The zero-order chi connectivity index (χ0) is 12.1. The van der Waals surface area contributed by atoms with Gasteiger partial charge in [0.15, 0.2) is 0 Å². The highest BCUT2D eigenvalue weighted by Crippen LogP contribution is 2.11. The fraction of sp³-hybridized carbons (Fsp3) is 0.583. The Morgan fingerprint density at radius 3 is 2.69 bits per heavy atom. The lowest BCUT2D eigenvalue weighted by Gasteiger charge is -2.16. The molecule has 0 bridgehead atoms. The molecule has 0 unspecified atom stereocenters. The first-order valence-corrected chi connectivity index (χ1v) is 5.49. The molecule has 0 aliphatic rings. The lowest BCUT2D eigenvalue weighted by Crippen LogP contribution is -2.20. The monoisotopic (exact) mass is 225 g/mol. The Labute approximate surface area is 95.9 Å². The largest absolute Gasteiger partial charge is 0.475 e. The Morgan fingerprint density at radius 1 is 1.50 bits per heavy atom. The molecule has 0 spiro atoms. The van der Waals surface area contributed by atoms with Crippen molar-refractivity contribution >= 4 is 5.97 Å². The first-order chi connectivity index (χ1) is 7.49. The molecule has 1 aromatic rings. The lowest BCUT2D eigenvalue weighted by molar-refractivity contribution is 0.0658. The van der Waals surface area contributed by atoms with E-state index in [9.17, 15) is 4.79 Å². The summed E-state index contributed by atoms with van der Waals surface area (Å²) in [6.45, 7) is 6.01. The molecule has 1 aromatic heterocycles. The van der Waals surface area contributed by atoms with Crippen molar-refractivity contribution in [3.8, 4) is 0 Å². The second-order valence-electron chi connectivity index (χ2n) is 4.49. The first kappa shape index (κ1) is 12.8. The van der Waals surface area contributed by atoms with Crippen LogP contribution in [0.15, 0.2) is 16.5 Å².